The highest BCUT2D eigenvalue weighted by Gasteiger charge is 2.41. The average Bonchev–Trinajstić information content (AvgIpc) is 2.69. The van der Waals surface area contributed by atoms with E-state index in [1.807, 2.05) is 60.7 Å². The molecule has 0 aliphatic rings. The molecule has 0 aromatic heterocycles. The Kier molecular flexibility index (Phi) is 7.80. The van der Waals surface area contributed by atoms with Gasteiger partial charge in [0.25, 0.3) is 0 Å². The van der Waals surface area contributed by atoms with E-state index in [0.717, 1.165) is 11.1 Å². The van der Waals surface area contributed by atoms with Gasteiger partial charge in [-0.05, 0) is 25.0 Å². The van der Waals surface area contributed by atoms with Gasteiger partial charge >= 0.3 is 11.9 Å². The van der Waals surface area contributed by atoms with Crippen LogP contribution >= 0.6 is 0 Å². The maximum absolute atomic E-state index is 12.5. The fourth-order valence-electron chi connectivity index (χ4n) is 2.67. The average molecular weight is 366 g/mol. The van der Waals surface area contributed by atoms with Gasteiger partial charge in [-0.3, -0.25) is 9.59 Å². The lowest BCUT2D eigenvalue weighted by molar-refractivity contribution is -0.167. The van der Waals surface area contributed by atoms with E-state index < -0.39 is 17.4 Å². The van der Waals surface area contributed by atoms with Gasteiger partial charge in [-0.15, -0.1) is 0 Å². The minimum atomic E-state index is -1.44. The fourth-order valence-corrected chi connectivity index (χ4v) is 2.67. The summed E-state index contributed by atoms with van der Waals surface area (Å²) in [7, 11) is 0. The Morgan fingerprint density at radius 3 is 1.59 bits per heavy atom. The minimum absolute atomic E-state index is 0.216. The third-order valence-corrected chi connectivity index (χ3v) is 4.28. The van der Waals surface area contributed by atoms with Crippen LogP contribution < -0.4 is 0 Å². The summed E-state index contributed by atoms with van der Waals surface area (Å²) in [6, 6.07) is 19.5. The lowest BCUT2D eigenvalue weighted by atomic mass is 9.90. The Bertz CT molecular complexity index is 693. The molecule has 0 spiro atoms. The Hall–Kier alpha value is -2.88. The van der Waals surface area contributed by atoms with Crippen molar-refractivity contribution in [2.24, 2.45) is 5.41 Å². The van der Waals surface area contributed by atoms with Crippen LogP contribution in [0.25, 0.3) is 0 Å². The predicted molar refractivity (Wildman–Crippen MR) is 105 cm³/mol. The van der Waals surface area contributed by atoms with E-state index >= 15 is 0 Å². The molecule has 4 nitrogen and oxygen atoms in total. The molecule has 2 aromatic rings. The van der Waals surface area contributed by atoms with Crippen LogP contribution in [0.4, 0.5) is 0 Å². The Morgan fingerprint density at radius 1 is 0.815 bits per heavy atom. The van der Waals surface area contributed by atoms with Crippen molar-refractivity contribution in [3.8, 4) is 0 Å². The second-order valence-corrected chi connectivity index (χ2v) is 6.45. The van der Waals surface area contributed by atoms with E-state index in [4.69, 9.17) is 9.47 Å². The standard InChI is InChI=1S/C23H26O4/c1-3-16-23(2,21(24)26-17-14-19-10-6-4-7-11-19)22(25)27-18-15-20-12-8-5-9-13-20/h3-13,16H,14-15,17-18H2,1-2H3. The van der Waals surface area contributed by atoms with Gasteiger partial charge in [0, 0.05) is 12.8 Å². The summed E-state index contributed by atoms with van der Waals surface area (Å²) in [6.45, 7) is 3.72. The van der Waals surface area contributed by atoms with Crippen molar-refractivity contribution >= 4 is 11.9 Å². The first kappa shape index (κ1) is 20.4. The summed E-state index contributed by atoms with van der Waals surface area (Å²) in [6.07, 6.45) is 4.39. The van der Waals surface area contributed by atoms with Crippen molar-refractivity contribution in [1.82, 2.24) is 0 Å². The molecule has 0 unspecified atom stereocenters. The summed E-state index contributed by atoms with van der Waals surface area (Å²) < 4.78 is 10.7. The van der Waals surface area contributed by atoms with Gasteiger partial charge in [0.15, 0.2) is 5.41 Å². The van der Waals surface area contributed by atoms with Crippen molar-refractivity contribution in [2.45, 2.75) is 26.7 Å². The van der Waals surface area contributed by atoms with Crippen LogP contribution in [0.2, 0.25) is 0 Å². The Morgan fingerprint density at radius 2 is 1.22 bits per heavy atom. The summed E-state index contributed by atoms with van der Waals surface area (Å²) in [5.74, 6) is -1.19. The van der Waals surface area contributed by atoms with Crippen molar-refractivity contribution in [1.29, 1.82) is 0 Å². The summed E-state index contributed by atoms with van der Waals surface area (Å²) in [5.41, 5.74) is 0.703. The number of allylic oxidation sites excluding steroid dienone is 1. The zero-order valence-electron chi connectivity index (χ0n) is 15.9. The normalized spacial score (nSPS) is 11.3. The van der Waals surface area contributed by atoms with Crippen LogP contribution in [0.3, 0.4) is 0 Å². The van der Waals surface area contributed by atoms with Gasteiger partial charge in [0.05, 0.1) is 13.2 Å². The third kappa shape index (κ3) is 6.10. The molecule has 2 rings (SSSR count). The van der Waals surface area contributed by atoms with Crippen molar-refractivity contribution < 1.29 is 19.1 Å². The van der Waals surface area contributed by atoms with E-state index in [0.29, 0.717) is 12.8 Å². The highest BCUT2D eigenvalue weighted by Crippen LogP contribution is 2.23. The molecule has 0 amide bonds. The lowest BCUT2D eigenvalue weighted by Gasteiger charge is -2.22. The van der Waals surface area contributed by atoms with E-state index in [1.165, 1.54) is 13.0 Å². The molecule has 0 saturated heterocycles. The number of hydrogen-bond acceptors (Lipinski definition) is 4. The zero-order valence-corrected chi connectivity index (χ0v) is 15.9. The predicted octanol–water partition coefficient (Wildman–Crippen LogP) is 4.14. The minimum Gasteiger partial charge on any atom is -0.464 e. The van der Waals surface area contributed by atoms with Gasteiger partial charge in [0.1, 0.15) is 0 Å². The zero-order chi connectivity index (χ0) is 19.5. The molecule has 4 heteroatoms. The van der Waals surface area contributed by atoms with Crippen molar-refractivity contribution in [3.63, 3.8) is 0 Å². The molecule has 2 aromatic carbocycles. The topological polar surface area (TPSA) is 52.6 Å². The van der Waals surface area contributed by atoms with E-state index in [-0.39, 0.29) is 13.2 Å². The van der Waals surface area contributed by atoms with E-state index in [1.54, 1.807) is 13.0 Å². The first-order valence-corrected chi connectivity index (χ1v) is 9.12. The SMILES string of the molecule is CC=CC(C)(C(=O)OCCc1ccccc1)C(=O)OCCc1ccccc1. The molecule has 0 heterocycles. The molecule has 0 aliphatic heterocycles. The monoisotopic (exact) mass is 366 g/mol. The fraction of sp³-hybridized carbons (Fsp3) is 0.304. The number of ether oxygens (including phenoxy) is 2. The molecule has 27 heavy (non-hydrogen) atoms. The first-order chi connectivity index (χ1) is 13.1. The van der Waals surface area contributed by atoms with Crippen molar-refractivity contribution in [2.75, 3.05) is 13.2 Å². The van der Waals surface area contributed by atoms with E-state index in [9.17, 15) is 9.59 Å². The summed E-state index contributed by atoms with van der Waals surface area (Å²) >= 11 is 0. The highest BCUT2D eigenvalue weighted by molar-refractivity contribution is 6.01. The quantitative estimate of drug-likeness (QED) is 0.380. The van der Waals surface area contributed by atoms with Crippen LogP contribution in [0, 0.1) is 5.41 Å². The van der Waals surface area contributed by atoms with Crippen LogP contribution in [-0.2, 0) is 31.9 Å². The van der Waals surface area contributed by atoms with Gasteiger partial charge in [-0.1, -0.05) is 72.8 Å². The van der Waals surface area contributed by atoms with Crippen LogP contribution in [-0.4, -0.2) is 25.2 Å². The number of hydrogen-bond donors (Lipinski definition) is 0. The molecule has 0 atom stereocenters. The molecule has 0 saturated carbocycles. The number of esters is 2. The molecule has 0 N–H and O–H groups in total. The first-order valence-electron chi connectivity index (χ1n) is 9.12. The molecule has 0 aliphatic carbocycles. The molecule has 0 fully saturated rings. The second-order valence-electron chi connectivity index (χ2n) is 6.45. The lowest BCUT2D eigenvalue weighted by Crippen LogP contribution is -2.38. The van der Waals surface area contributed by atoms with Crippen LogP contribution in [0.5, 0.6) is 0 Å². The van der Waals surface area contributed by atoms with Crippen molar-refractivity contribution in [3.05, 3.63) is 83.9 Å². The molecule has 0 radical (unpaired) electrons. The molecule has 142 valence electrons. The Labute approximate surface area is 160 Å². The van der Waals surface area contributed by atoms with Gasteiger partial charge in [0.2, 0.25) is 0 Å². The van der Waals surface area contributed by atoms with Gasteiger partial charge in [-0.2, -0.15) is 0 Å². The molecular weight excluding hydrogens is 340 g/mol. The highest BCUT2D eigenvalue weighted by atomic mass is 16.6. The third-order valence-electron chi connectivity index (χ3n) is 4.28. The number of benzene rings is 2. The van der Waals surface area contributed by atoms with Gasteiger partial charge < -0.3 is 9.47 Å². The van der Waals surface area contributed by atoms with Gasteiger partial charge in [-0.25, -0.2) is 0 Å². The molecular formula is C23H26O4. The number of carbonyl (C=O) groups is 2. The largest absolute Gasteiger partial charge is 0.464 e. The maximum Gasteiger partial charge on any atom is 0.327 e. The van der Waals surface area contributed by atoms with Crippen LogP contribution in [0.1, 0.15) is 25.0 Å². The number of carbonyl (C=O) groups excluding carboxylic acids is 2. The molecule has 0 bridgehead atoms. The maximum atomic E-state index is 12.5. The number of rotatable bonds is 9. The second kappa shape index (κ2) is 10.3. The Balaban J connectivity index is 1.89. The van der Waals surface area contributed by atoms with Crippen LogP contribution in [0.15, 0.2) is 72.8 Å². The smallest absolute Gasteiger partial charge is 0.327 e. The summed E-state index contributed by atoms with van der Waals surface area (Å²) in [5, 5.41) is 0. The van der Waals surface area contributed by atoms with E-state index in [2.05, 4.69) is 0 Å². The summed E-state index contributed by atoms with van der Waals surface area (Å²) in [4.78, 5) is 25.1.